The lowest BCUT2D eigenvalue weighted by atomic mass is 10.0. The number of rotatable bonds is 5. The van der Waals surface area contributed by atoms with Gasteiger partial charge in [-0.2, -0.15) is 0 Å². The molecule has 2 aromatic carbocycles. The van der Waals surface area contributed by atoms with Gasteiger partial charge >= 0.3 is 0 Å². The smallest absolute Gasteiger partial charge is 0.263 e. The topological polar surface area (TPSA) is 53.4 Å². The zero-order valence-corrected chi connectivity index (χ0v) is 16.2. The van der Waals surface area contributed by atoms with Gasteiger partial charge in [-0.25, -0.2) is 0 Å². The molecule has 0 N–H and O–H groups in total. The van der Waals surface area contributed by atoms with Crippen LogP contribution in [-0.2, 0) is 0 Å². The van der Waals surface area contributed by atoms with Crippen LogP contribution in [0.15, 0.2) is 90.0 Å². The fourth-order valence-corrected chi connectivity index (χ4v) is 3.25. The van der Waals surface area contributed by atoms with Gasteiger partial charge in [0.2, 0.25) is 0 Å². The molecule has 0 radical (unpaired) electrons. The summed E-state index contributed by atoms with van der Waals surface area (Å²) in [4.78, 5) is 17.9. The molecule has 29 heavy (non-hydrogen) atoms. The minimum Gasteiger partial charge on any atom is -0.497 e. The number of hydrogen-bond donors (Lipinski definition) is 0. The lowest BCUT2D eigenvalue weighted by molar-refractivity contribution is 0.395. The molecule has 2 aromatic heterocycles. The third-order valence-corrected chi connectivity index (χ3v) is 4.71. The van der Waals surface area contributed by atoms with Crippen molar-refractivity contribution in [2.45, 2.75) is 0 Å². The average Bonchev–Trinajstić information content (AvgIpc) is 2.80. The van der Waals surface area contributed by atoms with Gasteiger partial charge in [0, 0.05) is 35.3 Å². The lowest BCUT2D eigenvalue weighted by Gasteiger charge is -2.14. The SMILES string of the molecule is COc1ccc(-c2cc(-c3ccccn3)cn(-c3ccccc3)c2=O)c(OC)c1. The van der Waals surface area contributed by atoms with Gasteiger partial charge in [-0.3, -0.25) is 14.3 Å². The van der Waals surface area contributed by atoms with Crippen LogP contribution in [0.25, 0.3) is 28.1 Å². The van der Waals surface area contributed by atoms with E-state index < -0.39 is 0 Å². The minimum absolute atomic E-state index is 0.139. The minimum atomic E-state index is -0.139. The van der Waals surface area contributed by atoms with E-state index in [1.807, 2.05) is 72.9 Å². The molecular formula is C24H20N2O3. The standard InChI is InChI=1S/C24H20N2O3/c1-28-19-11-12-20(23(15-19)29-2)21-14-17(22-10-6-7-13-25-22)16-26(24(21)27)18-8-4-3-5-9-18/h3-16H,1-2H3. The maximum absolute atomic E-state index is 13.4. The molecule has 5 heteroatoms. The fraction of sp³-hybridized carbons (Fsp3) is 0.0833. The van der Waals surface area contributed by atoms with Crippen molar-refractivity contribution in [2.24, 2.45) is 0 Å². The van der Waals surface area contributed by atoms with Crippen LogP contribution in [0.2, 0.25) is 0 Å². The Balaban J connectivity index is 2.00. The van der Waals surface area contributed by atoms with Crippen molar-refractivity contribution in [1.82, 2.24) is 9.55 Å². The van der Waals surface area contributed by atoms with Crippen LogP contribution < -0.4 is 15.0 Å². The molecular weight excluding hydrogens is 364 g/mol. The largest absolute Gasteiger partial charge is 0.497 e. The molecule has 144 valence electrons. The predicted octanol–water partition coefficient (Wildman–Crippen LogP) is 4.58. The van der Waals surface area contributed by atoms with E-state index in [0.717, 1.165) is 16.9 Å². The van der Waals surface area contributed by atoms with E-state index >= 15 is 0 Å². The number of methoxy groups -OCH3 is 2. The van der Waals surface area contributed by atoms with Crippen LogP contribution in [0, 0.1) is 0 Å². The fourth-order valence-electron chi connectivity index (χ4n) is 3.25. The molecule has 0 aliphatic carbocycles. The Hall–Kier alpha value is -3.86. The maximum atomic E-state index is 13.4. The zero-order valence-electron chi connectivity index (χ0n) is 16.2. The Morgan fingerprint density at radius 1 is 0.828 bits per heavy atom. The zero-order chi connectivity index (χ0) is 20.2. The van der Waals surface area contributed by atoms with Gasteiger partial charge < -0.3 is 9.47 Å². The Labute approximate surface area is 168 Å². The van der Waals surface area contributed by atoms with Crippen LogP contribution >= 0.6 is 0 Å². The molecule has 0 atom stereocenters. The van der Waals surface area contributed by atoms with Crippen LogP contribution in [0.1, 0.15) is 0 Å². The van der Waals surface area contributed by atoms with Gasteiger partial charge in [0.15, 0.2) is 0 Å². The molecule has 4 aromatic rings. The van der Waals surface area contributed by atoms with E-state index in [2.05, 4.69) is 4.98 Å². The molecule has 5 nitrogen and oxygen atoms in total. The van der Waals surface area contributed by atoms with E-state index in [-0.39, 0.29) is 5.56 Å². The van der Waals surface area contributed by atoms with E-state index in [0.29, 0.717) is 22.6 Å². The average molecular weight is 384 g/mol. The van der Waals surface area contributed by atoms with E-state index in [1.54, 1.807) is 31.0 Å². The van der Waals surface area contributed by atoms with Crippen LogP contribution in [0.4, 0.5) is 0 Å². The quantitative estimate of drug-likeness (QED) is 0.505. The van der Waals surface area contributed by atoms with Crippen molar-refractivity contribution in [1.29, 1.82) is 0 Å². The first kappa shape index (κ1) is 18.5. The molecule has 0 fully saturated rings. The van der Waals surface area contributed by atoms with Crippen molar-refractivity contribution in [2.75, 3.05) is 14.2 Å². The third-order valence-electron chi connectivity index (χ3n) is 4.71. The van der Waals surface area contributed by atoms with Crippen molar-refractivity contribution in [3.63, 3.8) is 0 Å². The molecule has 0 aliphatic heterocycles. The second kappa shape index (κ2) is 8.02. The summed E-state index contributed by atoms with van der Waals surface area (Å²) in [7, 11) is 3.18. The normalized spacial score (nSPS) is 10.6. The molecule has 0 aliphatic rings. The summed E-state index contributed by atoms with van der Waals surface area (Å²) in [6, 6.07) is 22.5. The van der Waals surface area contributed by atoms with Crippen molar-refractivity contribution in [3.05, 3.63) is 95.5 Å². The summed E-state index contributed by atoms with van der Waals surface area (Å²) in [5, 5.41) is 0. The lowest BCUT2D eigenvalue weighted by Crippen LogP contribution is -2.20. The summed E-state index contributed by atoms with van der Waals surface area (Å²) >= 11 is 0. The summed E-state index contributed by atoms with van der Waals surface area (Å²) < 4.78 is 12.5. The number of benzene rings is 2. The highest BCUT2D eigenvalue weighted by Gasteiger charge is 2.16. The number of hydrogen-bond acceptors (Lipinski definition) is 4. The highest BCUT2D eigenvalue weighted by atomic mass is 16.5. The number of nitrogens with zero attached hydrogens (tertiary/aromatic N) is 2. The summed E-state index contributed by atoms with van der Waals surface area (Å²) in [5.41, 5.74) is 3.48. The first-order valence-corrected chi connectivity index (χ1v) is 9.17. The van der Waals surface area contributed by atoms with Crippen molar-refractivity contribution in [3.8, 4) is 39.6 Å². The highest BCUT2D eigenvalue weighted by Crippen LogP contribution is 2.33. The van der Waals surface area contributed by atoms with E-state index in [1.165, 1.54) is 0 Å². The Morgan fingerprint density at radius 3 is 2.31 bits per heavy atom. The molecule has 0 amide bonds. The Morgan fingerprint density at radius 2 is 1.62 bits per heavy atom. The van der Waals surface area contributed by atoms with Crippen molar-refractivity contribution < 1.29 is 9.47 Å². The van der Waals surface area contributed by atoms with Gasteiger partial charge in [0.25, 0.3) is 5.56 Å². The molecule has 0 spiro atoms. The first-order valence-electron chi connectivity index (χ1n) is 9.17. The molecule has 4 rings (SSSR count). The van der Waals surface area contributed by atoms with Gasteiger partial charge in [0.1, 0.15) is 11.5 Å². The van der Waals surface area contributed by atoms with Gasteiger partial charge in [-0.15, -0.1) is 0 Å². The summed E-state index contributed by atoms with van der Waals surface area (Å²) in [6.07, 6.45) is 3.56. The van der Waals surface area contributed by atoms with Gasteiger partial charge in [-0.1, -0.05) is 24.3 Å². The second-order valence-corrected chi connectivity index (χ2v) is 6.43. The molecule has 0 unspecified atom stereocenters. The Kier molecular flexibility index (Phi) is 5.12. The predicted molar refractivity (Wildman–Crippen MR) is 114 cm³/mol. The summed E-state index contributed by atoms with van der Waals surface area (Å²) in [6.45, 7) is 0. The van der Waals surface area contributed by atoms with Crippen molar-refractivity contribution >= 4 is 0 Å². The van der Waals surface area contributed by atoms with E-state index in [4.69, 9.17) is 9.47 Å². The highest BCUT2D eigenvalue weighted by molar-refractivity contribution is 5.75. The molecule has 0 saturated carbocycles. The molecule has 2 heterocycles. The second-order valence-electron chi connectivity index (χ2n) is 6.43. The summed E-state index contributed by atoms with van der Waals surface area (Å²) in [5.74, 6) is 1.23. The Bertz CT molecular complexity index is 1190. The first-order chi connectivity index (χ1) is 14.2. The van der Waals surface area contributed by atoms with Crippen LogP contribution in [-0.4, -0.2) is 23.8 Å². The molecule has 0 bridgehead atoms. The number of ether oxygens (including phenoxy) is 2. The van der Waals surface area contributed by atoms with Crippen LogP contribution in [0.3, 0.4) is 0 Å². The number of aromatic nitrogens is 2. The number of pyridine rings is 2. The maximum Gasteiger partial charge on any atom is 0.263 e. The van der Waals surface area contributed by atoms with Gasteiger partial charge in [-0.05, 0) is 42.5 Å². The van der Waals surface area contributed by atoms with Gasteiger partial charge in [0.05, 0.1) is 25.5 Å². The van der Waals surface area contributed by atoms with Crippen LogP contribution in [0.5, 0.6) is 11.5 Å². The molecule has 0 saturated heterocycles. The number of para-hydroxylation sites is 1. The van der Waals surface area contributed by atoms with E-state index in [9.17, 15) is 4.79 Å². The monoisotopic (exact) mass is 384 g/mol. The third kappa shape index (κ3) is 3.62.